The lowest BCUT2D eigenvalue weighted by Crippen LogP contribution is -2.34. The van der Waals surface area contributed by atoms with Crippen LogP contribution in [0.4, 0.5) is 0 Å². The van der Waals surface area contributed by atoms with Gasteiger partial charge in [0.1, 0.15) is 6.04 Å². The number of nitrogens with two attached hydrogens (primary N) is 1. The van der Waals surface area contributed by atoms with Crippen LogP contribution in [0.5, 0.6) is 0 Å². The van der Waals surface area contributed by atoms with Crippen LogP contribution in [0.1, 0.15) is 0 Å². The predicted molar refractivity (Wildman–Crippen MR) is 40.8 cm³/mol. The van der Waals surface area contributed by atoms with Crippen molar-refractivity contribution in [1.29, 1.82) is 0 Å². The van der Waals surface area contributed by atoms with Gasteiger partial charge in [0.05, 0.1) is 5.92 Å². The molecule has 0 amide bonds. The second-order valence-electron chi connectivity index (χ2n) is 3.15. The molecule has 0 bridgehead atoms. The van der Waals surface area contributed by atoms with Gasteiger partial charge in [-0.3, -0.25) is 9.59 Å². The van der Waals surface area contributed by atoms with Gasteiger partial charge < -0.3 is 21.1 Å². The summed E-state index contributed by atoms with van der Waals surface area (Å²) in [4.78, 5) is 20.9. The third kappa shape index (κ3) is 1.63. The summed E-state index contributed by atoms with van der Waals surface area (Å²) in [5, 5.41) is 25.8. The molecular formula is C7H11NO5. The molecule has 0 saturated heterocycles. The number of aliphatic hydroxyl groups is 1. The number of hydrogen-bond acceptors (Lipinski definition) is 4. The fourth-order valence-corrected chi connectivity index (χ4v) is 1.64. The molecule has 74 valence electrons. The first-order valence-electron chi connectivity index (χ1n) is 3.82. The Bertz CT molecular complexity index is 241. The Morgan fingerprint density at radius 2 is 1.92 bits per heavy atom. The van der Waals surface area contributed by atoms with E-state index in [1.54, 1.807) is 0 Å². The average molecular weight is 189 g/mol. The Morgan fingerprint density at radius 3 is 2.15 bits per heavy atom. The van der Waals surface area contributed by atoms with Gasteiger partial charge in [0, 0.05) is 18.4 Å². The van der Waals surface area contributed by atoms with Crippen LogP contribution in [0.15, 0.2) is 0 Å². The van der Waals surface area contributed by atoms with E-state index in [9.17, 15) is 9.59 Å². The van der Waals surface area contributed by atoms with E-state index in [2.05, 4.69) is 0 Å². The molecule has 0 aromatic carbocycles. The van der Waals surface area contributed by atoms with Gasteiger partial charge in [0.25, 0.3) is 0 Å². The second kappa shape index (κ2) is 3.31. The highest BCUT2D eigenvalue weighted by molar-refractivity contribution is 5.80. The minimum atomic E-state index is -1.23. The molecule has 0 aromatic heterocycles. The number of carbonyl (C=O) groups is 2. The highest BCUT2D eigenvalue weighted by Gasteiger charge is 2.59. The van der Waals surface area contributed by atoms with Gasteiger partial charge in [-0.15, -0.1) is 0 Å². The summed E-state index contributed by atoms with van der Waals surface area (Å²) in [6.45, 7) is -0.331. The third-order valence-corrected chi connectivity index (χ3v) is 2.43. The van der Waals surface area contributed by atoms with E-state index in [0.29, 0.717) is 0 Å². The molecule has 5 N–H and O–H groups in total. The zero-order chi connectivity index (χ0) is 10.2. The van der Waals surface area contributed by atoms with E-state index < -0.39 is 35.7 Å². The Morgan fingerprint density at radius 1 is 1.38 bits per heavy atom. The third-order valence-electron chi connectivity index (χ3n) is 2.43. The summed E-state index contributed by atoms with van der Waals surface area (Å²) in [6.07, 6.45) is 0. The molecule has 1 aliphatic carbocycles. The first-order valence-corrected chi connectivity index (χ1v) is 3.82. The molecule has 6 nitrogen and oxygen atoms in total. The van der Waals surface area contributed by atoms with E-state index in [1.165, 1.54) is 0 Å². The van der Waals surface area contributed by atoms with Crippen molar-refractivity contribution >= 4 is 11.9 Å². The lowest BCUT2D eigenvalue weighted by molar-refractivity contribution is -0.140. The summed E-state index contributed by atoms with van der Waals surface area (Å²) >= 11 is 0. The fourth-order valence-electron chi connectivity index (χ4n) is 1.64. The van der Waals surface area contributed by atoms with Crippen molar-refractivity contribution in [3.63, 3.8) is 0 Å². The molecule has 13 heavy (non-hydrogen) atoms. The van der Waals surface area contributed by atoms with Crippen molar-refractivity contribution in [1.82, 2.24) is 0 Å². The highest BCUT2D eigenvalue weighted by atomic mass is 16.4. The molecule has 0 heterocycles. The van der Waals surface area contributed by atoms with Crippen molar-refractivity contribution in [2.24, 2.45) is 23.5 Å². The van der Waals surface area contributed by atoms with Crippen LogP contribution in [0, 0.1) is 17.8 Å². The summed E-state index contributed by atoms with van der Waals surface area (Å²) in [5.74, 6) is -4.28. The molecular weight excluding hydrogens is 178 g/mol. The van der Waals surface area contributed by atoms with Gasteiger partial charge in [0.2, 0.25) is 0 Å². The topological polar surface area (TPSA) is 121 Å². The standard InChI is InChI=1S/C7H11NO5/c8-5(7(12)13)3-2(1-9)4(3)6(10)11/h2-5,9H,1,8H2,(H,10,11)(H,12,13)/t2-,3+,4+,5+/m1/s1. The number of aliphatic carboxylic acids is 2. The van der Waals surface area contributed by atoms with Crippen LogP contribution in [0.25, 0.3) is 0 Å². The molecule has 1 aliphatic rings. The van der Waals surface area contributed by atoms with Gasteiger partial charge in [-0.05, 0) is 0 Å². The van der Waals surface area contributed by atoms with Gasteiger partial charge in [-0.25, -0.2) is 0 Å². The van der Waals surface area contributed by atoms with Crippen LogP contribution in [0.3, 0.4) is 0 Å². The zero-order valence-electron chi connectivity index (χ0n) is 6.75. The molecule has 0 aromatic rings. The van der Waals surface area contributed by atoms with Gasteiger partial charge in [0.15, 0.2) is 0 Å². The maximum Gasteiger partial charge on any atom is 0.320 e. The van der Waals surface area contributed by atoms with Crippen LogP contribution in [-0.4, -0.2) is 39.9 Å². The molecule has 1 fully saturated rings. The predicted octanol–water partition coefficient (Wildman–Crippen LogP) is -1.66. The second-order valence-corrected chi connectivity index (χ2v) is 3.15. The summed E-state index contributed by atoms with van der Waals surface area (Å²) in [5.41, 5.74) is 5.24. The number of rotatable bonds is 4. The Kier molecular flexibility index (Phi) is 2.53. The van der Waals surface area contributed by atoms with Crippen LogP contribution in [0.2, 0.25) is 0 Å². The van der Waals surface area contributed by atoms with Gasteiger partial charge in [-0.1, -0.05) is 0 Å². The summed E-state index contributed by atoms with van der Waals surface area (Å²) in [6, 6.07) is -1.20. The largest absolute Gasteiger partial charge is 0.481 e. The number of hydrogen-bond donors (Lipinski definition) is 4. The molecule has 0 unspecified atom stereocenters. The van der Waals surface area contributed by atoms with Crippen molar-refractivity contribution in [3.05, 3.63) is 0 Å². The highest BCUT2D eigenvalue weighted by Crippen LogP contribution is 2.47. The monoisotopic (exact) mass is 189 g/mol. The smallest absolute Gasteiger partial charge is 0.320 e. The van der Waals surface area contributed by atoms with E-state index >= 15 is 0 Å². The van der Waals surface area contributed by atoms with E-state index in [1.807, 2.05) is 0 Å². The van der Waals surface area contributed by atoms with Gasteiger partial charge in [-0.2, -0.15) is 0 Å². The minimum absolute atomic E-state index is 0.331. The zero-order valence-corrected chi connectivity index (χ0v) is 6.75. The van der Waals surface area contributed by atoms with Crippen molar-refractivity contribution in [3.8, 4) is 0 Å². The first-order chi connectivity index (χ1) is 6.00. The Balaban J connectivity index is 2.63. The van der Waals surface area contributed by atoms with Crippen molar-refractivity contribution in [2.45, 2.75) is 6.04 Å². The lowest BCUT2D eigenvalue weighted by atomic mass is 10.1. The molecule has 1 saturated carbocycles. The molecule has 6 heteroatoms. The Hall–Kier alpha value is -1.14. The maximum atomic E-state index is 10.5. The average Bonchev–Trinajstić information content (AvgIpc) is 2.76. The Labute approximate surface area is 74.0 Å². The maximum absolute atomic E-state index is 10.5. The SMILES string of the molecule is N[C@H](C(=O)O)[C@H]1[C@@H](CO)[C@@H]1C(=O)O. The first kappa shape index (κ1) is 9.94. The molecule has 0 radical (unpaired) electrons. The normalized spacial score (nSPS) is 33.8. The van der Waals surface area contributed by atoms with Gasteiger partial charge >= 0.3 is 11.9 Å². The number of carboxylic acid groups (broad SMARTS) is 2. The van der Waals surface area contributed by atoms with Crippen LogP contribution in [-0.2, 0) is 9.59 Å². The quantitative estimate of drug-likeness (QED) is 0.420. The molecule has 4 atom stereocenters. The van der Waals surface area contributed by atoms with Crippen LogP contribution < -0.4 is 5.73 Å². The minimum Gasteiger partial charge on any atom is -0.481 e. The van der Waals surface area contributed by atoms with Crippen LogP contribution >= 0.6 is 0 Å². The van der Waals surface area contributed by atoms with E-state index in [0.717, 1.165) is 0 Å². The number of aliphatic hydroxyl groups excluding tert-OH is 1. The summed E-state index contributed by atoms with van der Waals surface area (Å²) < 4.78 is 0. The van der Waals surface area contributed by atoms with E-state index in [-0.39, 0.29) is 6.61 Å². The number of carboxylic acids is 2. The molecule has 0 aliphatic heterocycles. The summed E-state index contributed by atoms with van der Waals surface area (Å²) in [7, 11) is 0. The van der Waals surface area contributed by atoms with E-state index in [4.69, 9.17) is 21.1 Å². The lowest BCUT2D eigenvalue weighted by Gasteiger charge is -2.03. The molecule has 0 spiro atoms. The van der Waals surface area contributed by atoms with Crippen molar-refractivity contribution < 1.29 is 24.9 Å². The van der Waals surface area contributed by atoms with Crippen molar-refractivity contribution in [2.75, 3.05) is 6.61 Å². The fraction of sp³-hybridized carbons (Fsp3) is 0.714. The molecule has 1 rings (SSSR count).